The fraction of sp³-hybridized carbons (Fsp3) is 0.467. The molecule has 0 bridgehead atoms. The number of amides is 2. The first-order valence-corrected chi connectivity index (χ1v) is 6.93. The number of ether oxygens (including phenoxy) is 1. The monoisotopic (exact) mass is 276 g/mol. The Morgan fingerprint density at radius 3 is 2.80 bits per heavy atom. The first-order valence-electron chi connectivity index (χ1n) is 6.93. The van der Waals surface area contributed by atoms with Crippen molar-refractivity contribution in [1.29, 1.82) is 0 Å². The molecule has 1 aromatic carbocycles. The number of hydrogen-bond acceptors (Lipinski definition) is 3. The second-order valence-corrected chi connectivity index (χ2v) is 4.83. The highest BCUT2D eigenvalue weighted by molar-refractivity contribution is 5.90. The Bertz CT molecular complexity index is 475. The van der Waals surface area contributed by atoms with E-state index in [1.165, 1.54) is 0 Å². The fourth-order valence-electron chi connectivity index (χ4n) is 2.24. The van der Waals surface area contributed by atoms with E-state index in [-0.39, 0.29) is 11.8 Å². The predicted octanol–water partition coefficient (Wildman–Crippen LogP) is 1.19. The summed E-state index contributed by atoms with van der Waals surface area (Å²) in [6.07, 6.45) is 0.0178. The summed E-state index contributed by atoms with van der Waals surface area (Å²) in [6.45, 7) is 4.67. The van der Waals surface area contributed by atoms with E-state index in [4.69, 9.17) is 4.74 Å². The summed E-state index contributed by atoms with van der Waals surface area (Å²) >= 11 is 0. The maximum Gasteiger partial charge on any atom is 0.264 e. The van der Waals surface area contributed by atoms with Gasteiger partial charge in [-0.3, -0.25) is 9.59 Å². The van der Waals surface area contributed by atoms with Gasteiger partial charge < -0.3 is 15.0 Å². The lowest BCUT2D eigenvalue weighted by molar-refractivity contribution is -0.147. The van der Waals surface area contributed by atoms with Crippen LogP contribution < -0.4 is 10.1 Å². The number of nitrogens with one attached hydrogen (secondary N) is 1. The Morgan fingerprint density at radius 1 is 1.45 bits per heavy atom. The molecule has 1 N–H and O–H groups in total. The van der Waals surface area contributed by atoms with Gasteiger partial charge in [-0.05, 0) is 25.5 Å². The molecular weight excluding hydrogens is 256 g/mol. The zero-order chi connectivity index (χ0) is 14.5. The van der Waals surface area contributed by atoms with Crippen LogP contribution in [0.3, 0.4) is 0 Å². The van der Waals surface area contributed by atoms with Crippen molar-refractivity contribution in [2.24, 2.45) is 0 Å². The van der Waals surface area contributed by atoms with Crippen LogP contribution in [0.15, 0.2) is 30.3 Å². The number of nitrogens with zero attached hydrogens (tertiary/aromatic N) is 1. The topological polar surface area (TPSA) is 58.6 Å². The molecule has 5 heteroatoms. The van der Waals surface area contributed by atoms with E-state index in [1.807, 2.05) is 37.3 Å². The van der Waals surface area contributed by atoms with Gasteiger partial charge in [-0.2, -0.15) is 0 Å². The van der Waals surface area contributed by atoms with Crippen molar-refractivity contribution >= 4 is 11.8 Å². The Kier molecular flexibility index (Phi) is 4.61. The lowest BCUT2D eigenvalue weighted by Crippen LogP contribution is -2.58. The minimum absolute atomic E-state index is 0.112. The Labute approximate surface area is 118 Å². The fourth-order valence-corrected chi connectivity index (χ4v) is 2.24. The van der Waals surface area contributed by atoms with Crippen LogP contribution >= 0.6 is 0 Å². The van der Waals surface area contributed by atoms with Gasteiger partial charge in [-0.1, -0.05) is 25.1 Å². The first kappa shape index (κ1) is 14.4. The smallest absolute Gasteiger partial charge is 0.264 e. The molecule has 1 aromatic rings. The molecule has 1 aliphatic rings. The minimum Gasteiger partial charge on any atom is -0.481 e. The van der Waals surface area contributed by atoms with E-state index in [1.54, 1.807) is 11.8 Å². The Hall–Kier alpha value is -2.04. The normalized spacial score (nSPS) is 20.2. The Morgan fingerprint density at radius 2 is 2.15 bits per heavy atom. The number of carbonyl (C=O) groups is 2. The van der Waals surface area contributed by atoms with Crippen molar-refractivity contribution in [3.63, 3.8) is 0 Å². The number of hydrogen-bond donors (Lipinski definition) is 1. The zero-order valence-electron chi connectivity index (χ0n) is 11.8. The number of piperazine rings is 1. The van der Waals surface area contributed by atoms with E-state index in [0.717, 1.165) is 0 Å². The van der Waals surface area contributed by atoms with Crippen molar-refractivity contribution in [3.8, 4) is 5.75 Å². The van der Waals surface area contributed by atoms with Gasteiger partial charge in [0.15, 0.2) is 6.10 Å². The molecule has 0 aliphatic carbocycles. The van der Waals surface area contributed by atoms with Crippen LogP contribution in [0.4, 0.5) is 0 Å². The van der Waals surface area contributed by atoms with Gasteiger partial charge in [-0.15, -0.1) is 0 Å². The molecule has 5 nitrogen and oxygen atoms in total. The second kappa shape index (κ2) is 6.41. The van der Waals surface area contributed by atoms with Crippen molar-refractivity contribution in [1.82, 2.24) is 10.2 Å². The van der Waals surface area contributed by atoms with Crippen LogP contribution in [-0.4, -0.2) is 41.9 Å². The summed E-state index contributed by atoms with van der Waals surface area (Å²) < 4.78 is 5.74. The van der Waals surface area contributed by atoms with Gasteiger partial charge in [0.2, 0.25) is 5.91 Å². The van der Waals surface area contributed by atoms with Crippen LogP contribution in [-0.2, 0) is 9.59 Å². The molecule has 20 heavy (non-hydrogen) atoms. The molecule has 1 saturated heterocycles. The molecule has 1 heterocycles. The molecule has 0 aromatic heterocycles. The van der Waals surface area contributed by atoms with Gasteiger partial charge in [-0.25, -0.2) is 0 Å². The van der Waals surface area contributed by atoms with Gasteiger partial charge in [0, 0.05) is 13.1 Å². The average molecular weight is 276 g/mol. The van der Waals surface area contributed by atoms with Crippen molar-refractivity contribution < 1.29 is 14.3 Å². The molecule has 2 unspecified atom stereocenters. The largest absolute Gasteiger partial charge is 0.481 e. The third-order valence-corrected chi connectivity index (χ3v) is 3.45. The summed E-state index contributed by atoms with van der Waals surface area (Å²) in [6, 6.07) is 8.83. The molecule has 2 rings (SSSR count). The summed E-state index contributed by atoms with van der Waals surface area (Å²) in [5.74, 6) is 0.430. The lowest BCUT2D eigenvalue weighted by atomic mass is 10.1. The zero-order valence-corrected chi connectivity index (χ0v) is 11.8. The van der Waals surface area contributed by atoms with Crippen LogP contribution in [0.25, 0.3) is 0 Å². The van der Waals surface area contributed by atoms with Crippen molar-refractivity contribution in [3.05, 3.63) is 30.3 Å². The van der Waals surface area contributed by atoms with E-state index >= 15 is 0 Å². The third kappa shape index (κ3) is 3.10. The van der Waals surface area contributed by atoms with Crippen molar-refractivity contribution in [2.75, 3.05) is 13.1 Å². The minimum atomic E-state index is -0.550. The maximum absolute atomic E-state index is 12.5. The van der Waals surface area contributed by atoms with Gasteiger partial charge in [0.25, 0.3) is 5.91 Å². The van der Waals surface area contributed by atoms with Gasteiger partial charge in [0.1, 0.15) is 11.8 Å². The standard InChI is InChI=1S/C15H20N2O3/c1-3-13(20-12-7-5-4-6-8-12)15(19)17-10-9-16-14(18)11(17)2/h4-8,11,13H,3,9-10H2,1-2H3,(H,16,18). The highest BCUT2D eigenvalue weighted by Gasteiger charge is 2.33. The Balaban J connectivity index is 2.07. The maximum atomic E-state index is 12.5. The average Bonchev–Trinajstić information content (AvgIpc) is 2.48. The summed E-state index contributed by atoms with van der Waals surface area (Å²) in [7, 11) is 0. The molecular formula is C15H20N2O3. The molecule has 0 radical (unpaired) electrons. The first-order chi connectivity index (χ1) is 9.63. The summed E-state index contributed by atoms with van der Waals surface area (Å²) in [5, 5.41) is 2.75. The van der Waals surface area contributed by atoms with E-state index in [9.17, 15) is 9.59 Å². The summed E-state index contributed by atoms with van der Waals surface area (Å²) in [5.41, 5.74) is 0. The molecule has 2 atom stereocenters. The lowest BCUT2D eigenvalue weighted by Gasteiger charge is -2.35. The number of carbonyl (C=O) groups excluding carboxylic acids is 2. The van der Waals surface area contributed by atoms with Gasteiger partial charge >= 0.3 is 0 Å². The summed E-state index contributed by atoms with van der Waals surface area (Å²) in [4.78, 5) is 25.7. The molecule has 1 aliphatic heterocycles. The van der Waals surface area contributed by atoms with Crippen molar-refractivity contribution in [2.45, 2.75) is 32.4 Å². The molecule has 0 spiro atoms. The predicted molar refractivity (Wildman–Crippen MR) is 75.3 cm³/mol. The third-order valence-electron chi connectivity index (χ3n) is 3.45. The molecule has 0 saturated carbocycles. The van der Waals surface area contributed by atoms with Gasteiger partial charge in [0.05, 0.1) is 0 Å². The van der Waals surface area contributed by atoms with E-state index in [0.29, 0.717) is 25.3 Å². The number of para-hydroxylation sites is 1. The quantitative estimate of drug-likeness (QED) is 0.898. The highest BCUT2D eigenvalue weighted by atomic mass is 16.5. The van der Waals surface area contributed by atoms with Crippen LogP contribution in [0, 0.1) is 0 Å². The van der Waals surface area contributed by atoms with Crippen LogP contribution in [0.2, 0.25) is 0 Å². The molecule has 108 valence electrons. The molecule has 1 fully saturated rings. The highest BCUT2D eigenvalue weighted by Crippen LogP contribution is 2.16. The van der Waals surface area contributed by atoms with Crippen LogP contribution in [0.5, 0.6) is 5.75 Å². The number of rotatable bonds is 4. The SMILES string of the molecule is CCC(Oc1ccccc1)C(=O)N1CCNC(=O)C1C. The number of benzene rings is 1. The van der Waals surface area contributed by atoms with E-state index < -0.39 is 12.1 Å². The second-order valence-electron chi connectivity index (χ2n) is 4.83. The molecule has 2 amide bonds. The van der Waals surface area contributed by atoms with E-state index in [2.05, 4.69) is 5.32 Å². The van der Waals surface area contributed by atoms with Crippen LogP contribution in [0.1, 0.15) is 20.3 Å².